The largest absolute Gasteiger partial charge is 0.322 e. The van der Waals surface area contributed by atoms with Crippen LogP contribution in [0.15, 0.2) is 51.4 Å². The first-order chi connectivity index (χ1) is 8.56. The Morgan fingerprint density at radius 1 is 1.06 bits per heavy atom. The van der Waals surface area contributed by atoms with Crippen LogP contribution in [0.3, 0.4) is 0 Å². The van der Waals surface area contributed by atoms with Gasteiger partial charge in [0.2, 0.25) is 0 Å². The minimum absolute atomic E-state index is 0.113. The number of aryl methyl sites for hydroxylation is 1. The van der Waals surface area contributed by atoms with Gasteiger partial charge in [0.15, 0.2) is 0 Å². The zero-order chi connectivity index (χ0) is 13.1. The van der Waals surface area contributed by atoms with Crippen molar-refractivity contribution in [3.63, 3.8) is 0 Å². The number of hydrogen-bond acceptors (Lipinski definition) is 1. The summed E-state index contributed by atoms with van der Waals surface area (Å²) in [4.78, 5) is 12.0. The Hall–Kier alpha value is -1.13. The quantitative estimate of drug-likeness (QED) is 0.812. The number of benzene rings is 2. The molecule has 1 N–H and O–H groups in total. The molecule has 0 fully saturated rings. The summed E-state index contributed by atoms with van der Waals surface area (Å²) in [5.41, 5.74) is 2.55. The molecule has 92 valence electrons. The molecule has 2 rings (SSSR count). The Bertz CT molecular complexity index is 579. The van der Waals surface area contributed by atoms with Crippen LogP contribution in [0.2, 0.25) is 0 Å². The van der Waals surface area contributed by atoms with E-state index in [-0.39, 0.29) is 5.91 Å². The highest BCUT2D eigenvalue weighted by Crippen LogP contribution is 2.21. The van der Waals surface area contributed by atoms with Crippen molar-refractivity contribution in [2.45, 2.75) is 6.92 Å². The predicted molar refractivity (Wildman–Crippen MR) is 81.0 cm³/mol. The molecule has 0 aliphatic heterocycles. The molecule has 0 aromatic heterocycles. The maximum atomic E-state index is 12.0. The number of carbonyl (C=O) groups is 1. The minimum Gasteiger partial charge on any atom is -0.322 e. The van der Waals surface area contributed by atoms with E-state index < -0.39 is 0 Å². The van der Waals surface area contributed by atoms with E-state index in [4.69, 9.17) is 0 Å². The van der Waals surface area contributed by atoms with Gasteiger partial charge in [-0.15, -0.1) is 0 Å². The third kappa shape index (κ3) is 3.21. The summed E-state index contributed by atoms with van der Waals surface area (Å²) >= 11 is 6.79. The lowest BCUT2D eigenvalue weighted by Gasteiger charge is -2.07. The summed E-state index contributed by atoms with van der Waals surface area (Å²) in [6.45, 7) is 2.00. The van der Waals surface area contributed by atoms with E-state index in [0.717, 1.165) is 20.2 Å². The van der Waals surface area contributed by atoms with Crippen molar-refractivity contribution in [2.75, 3.05) is 5.32 Å². The summed E-state index contributed by atoms with van der Waals surface area (Å²) in [5, 5.41) is 2.86. The smallest absolute Gasteiger partial charge is 0.255 e. The maximum absolute atomic E-state index is 12.0. The van der Waals surface area contributed by atoms with Gasteiger partial charge in [-0.2, -0.15) is 0 Å². The molecule has 0 radical (unpaired) electrons. The van der Waals surface area contributed by atoms with Gasteiger partial charge in [-0.3, -0.25) is 4.79 Å². The van der Waals surface area contributed by atoms with Gasteiger partial charge in [0.1, 0.15) is 0 Å². The molecule has 1 amide bonds. The lowest BCUT2D eigenvalue weighted by atomic mass is 10.2. The molecule has 0 heterocycles. The SMILES string of the molecule is Cc1ccc(NC(=O)c2ccc(Br)cc2)cc1Br. The Morgan fingerprint density at radius 3 is 2.33 bits per heavy atom. The number of halogens is 2. The molecular weight excluding hydrogens is 358 g/mol. The minimum atomic E-state index is -0.113. The van der Waals surface area contributed by atoms with Crippen LogP contribution >= 0.6 is 31.9 Å². The fraction of sp³-hybridized carbons (Fsp3) is 0.0714. The van der Waals surface area contributed by atoms with Gasteiger partial charge in [0, 0.05) is 20.2 Å². The zero-order valence-electron chi connectivity index (χ0n) is 9.71. The number of hydrogen-bond donors (Lipinski definition) is 1. The third-order valence-corrected chi connectivity index (χ3v) is 3.92. The molecule has 0 saturated carbocycles. The Morgan fingerprint density at radius 2 is 1.72 bits per heavy atom. The molecule has 0 saturated heterocycles. The summed E-state index contributed by atoms with van der Waals surface area (Å²) in [6, 6.07) is 13.0. The summed E-state index contributed by atoms with van der Waals surface area (Å²) in [7, 11) is 0. The number of carbonyl (C=O) groups excluding carboxylic acids is 1. The van der Waals surface area contributed by atoms with Crippen molar-refractivity contribution in [1.82, 2.24) is 0 Å². The lowest BCUT2D eigenvalue weighted by Crippen LogP contribution is -2.11. The second-order valence-electron chi connectivity index (χ2n) is 3.92. The molecule has 0 spiro atoms. The number of rotatable bonds is 2. The lowest BCUT2D eigenvalue weighted by molar-refractivity contribution is 0.102. The van der Waals surface area contributed by atoms with E-state index in [1.165, 1.54) is 0 Å². The maximum Gasteiger partial charge on any atom is 0.255 e. The molecule has 0 aliphatic rings. The van der Waals surface area contributed by atoms with Crippen LogP contribution < -0.4 is 5.32 Å². The third-order valence-electron chi connectivity index (χ3n) is 2.54. The molecule has 0 aliphatic carbocycles. The monoisotopic (exact) mass is 367 g/mol. The van der Waals surface area contributed by atoms with Crippen molar-refractivity contribution in [3.05, 3.63) is 62.5 Å². The van der Waals surface area contributed by atoms with E-state index in [9.17, 15) is 4.79 Å². The molecule has 2 aromatic rings. The second-order valence-corrected chi connectivity index (χ2v) is 5.69. The Balaban J connectivity index is 2.16. The number of nitrogens with one attached hydrogen (secondary N) is 1. The van der Waals surface area contributed by atoms with E-state index in [0.29, 0.717) is 5.56 Å². The van der Waals surface area contributed by atoms with Crippen LogP contribution in [-0.4, -0.2) is 5.91 Å². The van der Waals surface area contributed by atoms with Crippen LogP contribution in [0.25, 0.3) is 0 Å². The predicted octanol–water partition coefficient (Wildman–Crippen LogP) is 4.77. The summed E-state index contributed by atoms with van der Waals surface area (Å²) in [6.07, 6.45) is 0. The average molecular weight is 369 g/mol. The molecule has 0 unspecified atom stereocenters. The van der Waals surface area contributed by atoms with Crippen LogP contribution in [0.5, 0.6) is 0 Å². The highest BCUT2D eigenvalue weighted by molar-refractivity contribution is 9.10. The molecule has 0 atom stereocenters. The van der Waals surface area contributed by atoms with Gasteiger partial charge in [0.05, 0.1) is 0 Å². The summed E-state index contributed by atoms with van der Waals surface area (Å²) < 4.78 is 1.94. The molecule has 0 bridgehead atoms. The molecule has 2 aromatic carbocycles. The van der Waals surface area contributed by atoms with E-state index in [1.54, 1.807) is 12.1 Å². The van der Waals surface area contributed by atoms with Crippen LogP contribution in [0.4, 0.5) is 5.69 Å². The number of anilines is 1. The van der Waals surface area contributed by atoms with E-state index in [1.807, 2.05) is 37.3 Å². The fourth-order valence-electron chi connectivity index (χ4n) is 1.48. The van der Waals surface area contributed by atoms with Gasteiger partial charge >= 0.3 is 0 Å². The zero-order valence-corrected chi connectivity index (χ0v) is 12.9. The van der Waals surface area contributed by atoms with Crippen LogP contribution in [0.1, 0.15) is 15.9 Å². The topological polar surface area (TPSA) is 29.1 Å². The van der Waals surface area contributed by atoms with Gasteiger partial charge in [-0.1, -0.05) is 37.9 Å². The van der Waals surface area contributed by atoms with Crippen molar-refractivity contribution in [2.24, 2.45) is 0 Å². The first-order valence-corrected chi connectivity index (χ1v) is 6.98. The van der Waals surface area contributed by atoms with E-state index in [2.05, 4.69) is 37.2 Å². The van der Waals surface area contributed by atoms with E-state index >= 15 is 0 Å². The van der Waals surface area contributed by atoms with Crippen molar-refractivity contribution in [1.29, 1.82) is 0 Å². The van der Waals surface area contributed by atoms with Crippen LogP contribution in [-0.2, 0) is 0 Å². The van der Waals surface area contributed by atoms with Gasteiger partial charge in [0.25, 0.3) is 5.91 Å². The first-order valence-electron chi connectivity index (χ1n) is 5.39. The highest BCUT2D eigenvalue weighted by atomic mass is 79.9. The molecular formula is C14H11Br2NO. The molecule has 4 heteroatoms. The van der Waals surface area contributed by atoms with Crippen molar-refractivity contribution >= 4 is 43.5 Å². The molecule has 2 nitrogen and oxygen atoms in total. The Labute approximate surface area is 123 Å². The second kappa shape index (κ2) is 5.67. The normalized spacial score (nSPS) is 10.2. The van der Waals surface area contributed by atoms with Crippen molar-refractivity contribution < 1.29 is 4.79 Å². The summed E-state index contributed by atoms with van der Waals surface area (Å²) in [5.74, 6) is -0.113. The standard InChI is InChI=1S/C14H11Br2NO/c1-9-2-7-12(8-13(9)16)17-14(18)10-3-5-11(15)6-4-10/h2-8H,1H3,(H,17,18). The van der Waals surface area contributed by atoms with Gasteiger partial charge < -0.3 is 5.32 Å². The van der Waals surface area contributed by atoms with Crippen LogP contribution in [0, 0.1) is 6.92 Å². The number of amides is 1. The first kappa shape index (κ1) is 13.3. The average Bonchev–Trinajstić information content (AvgIpc) is 2.34. The van der Waals surface area contributed by atoms with Gasteiger partial charge in [-0.05, 0) is 48.9 Å². The highest BCUT2D eigenvalue weighted by Gasteiger charge is 2.06. The van der Waals surface area contributed by atoms with Crippen molar-refractivity contribution in [3.8, 4) is 0 Å². The van der Waals surface area contributed by atoms with Gasteiger partial charge in [-0.25, -0.2) is 0 Å². The Kier molecular flexibility index (Phi) is 4.19. The fourth-order valence-corrected chi connectivity index (χ4v) is 2.12. The molecule has 18 heavy (non-hydrogen) atoms.